The molecule has 0 radical (unpaired) electrons. The summed E-state index contributed by atoms with van der Waals surface area (Å²) in [5.74, 6) is 1.99. The van der Waals surface area contributed by atoms with Gasteiger partial charge in [0.15, 0.2) is 5.16 Å². The first-order valence-corrected chi connectivity index (χ1v) is 13.7. The molecule has 1 aromatic heterocycles. The smallest absolute Gasteiger partial charge is 0.220 e. The number of ether oxygens (including phenoxy) is 1. The number of carbonyl (C=O) groups excluding carboxylic acids is 1. The maximum Gasteiger partial charge on any atom is 0.220 e. The largest absolute Gasteiger partial charge is 0.376 e. The van der Waals surface area contributed by atoms with Gasteiger partial charge in [0.25, 0.3) is 0 Å². The van der Waals surface area contributed by atoms with Crippen LogP contribution in [0.5, 0.6) is 0 Å². The number of rotatable bonds is 13. The van der Waals surface area contributed by atoms with Crippen LogP contribution in [0.25, 0.3) is 0 Å². The van der Waals surface area contributed by atoms with Gasteiger partial charge < -0.3 is 14.6 Å². The van der Waals surface area contributed by atoms with Crippen molar-refractivity contribution in [1.29, 1.82) is 0 Å². The maximum atomic E-state index is 12.2. The van der Waals surface area contributed by atoms with Crippen LogP contribution in [0.4, 0.5) is 0 Å². The number of aryl methyl sites for hydroxylation is 2. The number of hydrogen-bond acceptors (Lipinski definition) is 5. The highest BCUT2D eigenvalue weighted by Crippen LogP contribution is 2.25. The Balaban J connectivity index is 1.25. The van der Waals surface area contributed by atoms with Crippen molar-refractivity contribution in [3.05, 3.63) is 77.1 Å². The van der Waals surface area contributed by atoms with Crippen LogP contribution < -0.4 is 5.32 Å². The van der Waals surface area contributed by atoms with Gasteiger partial charge in [-0.15, -0.1) is 10.2 Å². The lowest BCUT2D eigenvalue weighted by atomic mass is 10.1. The van der Waals surface area contributed by atoms with Gasteiger partial charge in [-0.3, -0.25) is 4.79 Å². The molecule has 0 aliphatic carbocycles. The average molecular weight is 493 g/mol. The Labute approximate surface area is 212 Å². The Hall–Kier alpha value is -2.64. The predicted octanol–water partition coefficient (Wildman–Crippen LogP) is 5.13. The molecule has 1 atom stereocenters. The highest BCUT2D eigenvalue weighted by atomic mass is 32.2. The number of benzene rings is 2. The molecule has 2 heterocycles. The Morgan fingerprint density at radius 1 is 1.09 bits per heavy atom. The van der Waals surface area contributed by atoms with Crippen molar-refractivity contribution in [1.82, 2.24) is 20.1 Å². The van der Waals surface area contributed by atoms with Gasteiger partial charge >= 0.3 is 0 Å². The van der Waals surface area contributed by atoms with Crippen LogP contribution in [0, 0.1) is 6.92 Å². The van der Waals surface area contributed by atoms with E-state index in [9.17, 15) is 4.79 Å². The molecule has 186 valence electrons. The summed E-state index contributed by atoms with van der Waals surface area (Å²) in [7, 11) is 0. The first-order valence-electron chi connectivity index (χ1n) is 12.7. The molecule has 1 N–H and O–H groups in total. The van der Waals surface area contributed by atoms with Crippen LogP contribution in [0.2, 0.25) is 0 Å². The van der Waals surface area contributed by atoms with Crippen LogP contribution in [-0.2, 0) is 34.7 Å². The first-order chi connectivity index (χ1) is 17.2. The van der Waals surface area contributed by atoms with Crippen LogP contribution in [-0.4, -0.2) is 39.9 Å². The second-order valence-corrected chi connectivity index (χ2v) is 10.2. The number of carbonyl (C=O) groups is 1. The van der Waals surface area contributed by atoms with Crippen molar-refractivity contribution in [2.75, 3.05) is 13.2 Å². The highest BCUT2D eigenvalue weighted by molar-refractivity contribution is 7.98. The van der Waals surface area contributed by atoms with E-state index in [-0.39, 0.29) is 12.0 Å². The Kier molecular flexibility index (Phi) is 9.78. The van der Waals surface area contributed by atoms with Crippen molar-refractivity contribution < 1.29 is 9.53 Å². The molecule has 2 aromatic carbocycles. The number of thioether (sulfide) groups is 1. The number of nitrogens with zero attached hydrogens (tertiary/aromatic N) is 3. The lowest BCUT2D eigenvalue weighted by Gasteiger charge is -2.15. The van der Waals surface area contributed by atoms with E-state index < -0.39 is 0 Å². The number of amides is 1. The molecule has 7 heteroatoms. The summed E-state index contributed by atoms with van der Waals surface area (Å²) in [5, 5.41) is 13.0. The van der Waals surface area contributed by atoms with Gasteiger partial charge in [-0.05, 0) is 50.2 Å². The van der Waals surface area contributed by atoms with Crippen LogP contribution in [0.15, 0.2) is 59.8 Å². The molecular formula is C28H36N4O2S. The third-order valence-corrected chi connectivity index (χ3v) is 7.32. The van der Waals surface area contributed by atoms with E-state index in [4.69, 9.17) is 4.74 Å². The second-order valence-electron chi connectivity index (χ2n) is 9.21. The van der Waals surface area contributed by atoms with Gasteiger partial charge in [0.2, 0.25) is 5.91 Å². The molecular weight excluding hydrogens is 456 g/mol. The van der Waals surface area contributed by atoms with Crippen molar-refractivity contribution >= 4 is 17.7 Å². The van der Waals surface area contributed by atoms with E-state index in [0.29, 0.717) is 13.0 Å². The topological polar surface area (TPSA) is 69.0 Å². The minimum Gasteiger partial charge on any atom is -0.376 e. The zero-order valence-corrected chi connectivity index (χ0v) is 21.4. The Bertz CT molecular complexity index is 1060. The van der Waals surface area contributed by atoms with E-state index in [2.05, 4.69) is 63.4 Å². The van der Waals surface area contributed by atoms with Crippen molar-refractivity contribution in [2.45, 2.75) is 75.4 Å². The van der Waals surface area contributed by atoms with Crippen LogP contribution >= 0.6 is 11.8 Å². The lowest BCUT2D eigenvalue weighted by Crippen LogP contribution is -2.25. The monoisotopic (exact) mass is 492 g/mol. The van der Waals surface area contributed by atoms with Crippen molar-refractivity contribution in [3.8, 4) is 0 Å². The molecule has 35 heavy (non-hydrogen) atoms. The predicted molar refractivity (Wildman–Crippen MR) is 140 cm³/mol. The molecule has 6 nitrogen and oxygen atoms in total. The maximum absolute atomic E-state index is 12.2. The minimum absolute atomic E-state index is 0.121. The summed E-state index contributed by atoms with van der Waals surface area (Å²) in [6.45, 7) is 4.45. The molecule has 3 aromatic rings. The Morgan fingerprint density at radius 2 is 1.94 bits per heavy atom. The molecule has 1 aliphatic rings. The number of nitrogens with one attached hydrogen (secondary N) is 1. The van der Waals surface area contributed by atoms with Crippen LogP contribution in [0.3, 0.4) is 0 Å². The van der Waals surface area contributed by atoms with E-state index in [1.54, 1.807) is 11.8 Å². The number of aromatic nitrogens is 3. The molecule has 1 aliphatic heterocycles. The van der Waals surface area contributed by atoms with Gasteiger partial charge in [0, 0.05) is 31.7 Å². The summed E-state index contributed by atoms with van der Waals surface area (Å²) >= 11 is 1.73. The second kappa shape index (κ2) is 13.4. The normalized spacial score (nSPS) is 15.4. The van der Waals surface area contributed by atoms with Crippen molar-refractivity contribution in [2.24, 2.45) is 0 Å². The summed E-state index contributed by atoms with van der Waals surface area (Å²) in [6, 6.07) is 18.9. The van der Waals surface area contributed by atoms with Gasteiger partial charge in [0.05, 0.1) is 12.6 Å². The third kappa shape index (κ3) is 8.22. The first kappa shape index (κ1) is 25.5. The summed E-state index contributed by atoms with van der Waals surface area (Å²) < 4.78 is 8.15. The summed E-state index contributed by atoms with van der Waals surface area (Å²) in [5.41, 5.74) is 3.81. The molecule has 0 spiro atoms. The molecule has 1 amide bonds. The van der Waals surface area contributed by atoms with Gasteiger partial charge in [0.1, 0.15) is 5.82 Å². The van der Waals surface area contributed by atoms with Gasteiger partial charge in [-0.2, -0.15) is 0 Å². The lowest BCUT2D eigenvalue weighted by molar-refractivity contribution is -0.121. The molecule has 4 rings (SSSR count). The third-order valence-electron chi connectivity index (χ3n) is 6.29. The zero-order valence-electron chi connectivity index (χ0n) is 20.6. The zero-order chi connectivity index (χ0) is 24.3. The standard InChI is InChI=1S/C28H36N4O2S/c1-22-9-7-12-24(19-22)21-35-28-31-30-26(32(28)20-25-13-8-18-34-25)14-5-6-15-27(33)29-17-16-23-10-3-2-4-11-23/h2-4,7,9-12,19,25H,5-6,8,13-18,20-21H2,1H3,(H,29,33). The van der Waals surface area contributed by atoms with E-state index >= 15 is 0 Å². The molecule has 0 bridgehead atoms. The molecule has 1 saturated heterocycles. The fourth-order valence-corrected chi connectivity index (χ4v) is 5.29. The fraction of sp³-hybridized carbons (Fsp3) is 0.464. The highest BCUT2D eigenvalue weighted by Gasteiger charge is 2.21. The Morgan fingerprint density at radius 3 is 2.74 bits per heavy atom. The van der Waals surface area contributed by atoms with E-state index in [1.807, 2.05) is 18.2 Å². The van der Waals surface area contributed by atoms with Gasteiger partial charge in [-0.25, -0.2) is 0 Å². The SMILES string of the molecule is Cc1cccc(CSc2nnc(CCCCC(=O)NCCc3ccccc3)n2CC2CCCO2)c1. The molecule has 1 unspecified atom stereocenters. The molecule has 0 saturated carbocycles. The summed E-state index contributed by atoms with van der Waals surface area (Å²) in [4.78, 5) is 12.2. The number of unbranched alkanes of at least 4 members (excludes halogenated alkanes) is 1. The van der Waals surface area contributed by atoms with Crippen molar-refractivity contribution in [3.63, 3.8) is 0 Å². The quantitative estimate of drug-likeness (QED) is 0.265. The van der Waals surface area contributed by atoms with Crippen LogP contribution in [0.1, 0.15) is 54.6 Å². The van der Waals surface area contributed by atoms with Gasteiger partial charge in [-0.1, -0.05) is 71.9 Å². The number of hydrogen-bond donors (Lipinski definition) is 1. The minimum atomic E-state index is 0.121. The summed E-state index contributed by atoms with van der Waals surface area (Å²) in [6.07, 6.45) is 6.43. The van der Waals surface area contributed by atoms with E-state index in [1.165, 1.54) is 16.7 Å². The molecule has 1 fully saturated rings. The average Bonchev–Trinajstić information content (AvgIpc) is 3.52. The van der Waals surface area contributed by atoms with E-state index in [0.717, 1.165) is 68.4 Å². The fourth-order valence-electron chi connectivity index (χ4n) is 4.38.